The average molecular weight is 351 g/mol. The van der Waals surface area contributed by atoms with Crippen molar-refractivity contribution in [1.82, 2.24) is 4.98 Å². The van der Waals surface area contributed by atoms with Crippen LogP contribution >= 0.6 is 11.6 Å². The molecule has 0 saturated carbocycles. The number of carbonyl (C=O) groups excluding carboxylic acids is 1. The Kier molecular flexibility index (Phi) is 3.70. The van der Waals surface area contributed by atoms with E-state index < -0.39 is 0 Å². The Hall–Kier alpha value is -2.85. The number of rotatable bonds is 2. The van der Waals surface area contributed by atoms with Gasteiger partial charge < -0.3 is 9.73 Å². The van der Waals surface area contributed by atoms with Gasteiger partial charge in [-0.15, -0.1) is 0 Å². The lowest BCUT2D eigenvalue weighted by Crippen LogP contribution is -2.11. The molecule has 0 atom stereocenters. The summed E-state index contributed by atoms with van der Waals surface area (Å²) in [6.07, 6.45) is 0. The maximum Gasteiger partial charge on any atom is 0.291 e. The van der Waals surface area contributed by atoms with Gasteiger partial charge in [0.25, 0.3) is 5.91 Å². The van der Waals surface area contributed by atoms with E-state index >= 15 is 0 Å². The molecular formula is C20H15ClN2O2. The minimum Gasteiger partial charge on any atom is -0.450 e. The number of nitrogens with zero attached hydrogens (tertiary/aromatic N) is 1. The number of amides is 1. The number of aromatic nitrogens is 1. The number of anilines is 1. The van der Waals surface area contributed by atoms with Crippen molar-refractivity contribution < 1.29 is 9.21 Å². The molecule has 0 radical (unpaired) electrons. The standard InChI is InChI=1S/C20H15ClN2O2/c1-11-7-8-17(15(21)9-11)23-20(24)18-10-14-12(2)22-16-6-4-3-5-13(16)19(14)25-18/h3-10H,1-2H3,(H,23,24). The van der Waals surface area contributed by atoms with Gasteiger partial charge in [-0.3, -0.25) is 9.78 Å². The van der Waals surface area contributed by atoms with E-state index in [1.165, 1.54) is 0 Å². The monoisotopic (exact) mass is 350 g/mol. The van der Waals surface area contributed by atoms with Crippen molar-refractivity contribution in [3.8, 4) is 0 Å². The fourth-order valence-electron chi connectivity index (χ4n) is 2.88. The van der Waals surface area contributed by atoms with Gasteiger partial charge in [0.1, 0.15) is 5.58 Å². The number of aryl methyl sites for hydroxylation is 2. The van der Waals surface area contributed by atoms with Crippen LogP contribution in [0.2, 0.25) is 5.02 Å². The van der Waals surface area contributed by atoms with Crippen LogP contribution in [0, 0.1) is 13.8 Å². The summed E-state index contributed by atoms with van der Waals surface area (Å²) in [5, 5.41) is 5.01. The molecular weight excluding hydrogens is 336 g/mol. The first kappa shape index (κ1) is 15.7. The second-order valence-electron chi connectivity index (χ2n) is 6.01. The largest absolute Gasteiger partial charge is 0.450 e. The Labute approximate surface area is 149 Å². The summed E-state index contributed by atoms with van der Waals surface area (Å²) >= 11 is 6.19. The van der Waals surface area contributed by atoms with Crippen LogP contribution in [-0.2, 0) is 0 Å². The van der Waals surface area contributed by atoms with Crippen LogP contribution in [0.1, 0.15) is 21.8 Å². The number of benzene rings is 2. The van der Waals surface area contributed by atoms with Crippen LogP contribution < -0.4 is 5.32 Å². The highest BCUT2D eigenvalue weighted by Gasteiger charge is 2.17. The van der Waals surface area contributed by atoms with Crippen molar-refractivity contribution in [1.29, 1.82) is 0 Å². The number of fused-ring (bicyclic) bond motifs is 3. The maximum absolute atomic E-state index is 12.6. The molecule has 0 spiro atoms. The molecule has 1 amide bonds. The molecule has 4 rings (SSSR count). The minimum atomic E-state index is -0.342. The highest BCUT2D eigenvalue weighted by molar-refractivity contribution is 6.34. The highest BCUT2D eigenvalue weighted by Crippen LogP contribution is 2.30. The Morgan fingerprint density at radius 1 is 1.08 bits per heavy atom. The van der Waals surface area contributed by atoms with Crippen molar-refractivity contribution in [3.63, 3.8) is 0 Å². The molecule has 2 heterocycles. The van der Waals surface area contributed by atoms with Gasteiger partial charge in [0, 0.05) is 16.5 Å². The first-order valence-corrected chi connectivity index (χ1v) is 8.27. The van der Waals surface area contributed by atoms with Gasteiger partial charge in [0.2, 0.25) is 0 Å². The maximum atomic E-state index is 12.6. The van der Waals surface area contributed by atoms with Gasteiger partial charge >= 0.3 is 0 Å². The number of halogens is 1. The molecule has 0 aliphatic heterocycles. The summed E-state index contributed by atoms with van der Waals surface area (Å²) < 4.78 is 5.86. The third kappa shape index (κ3) is 2.75. The minimum absolute atomic E-state index is 0.230. The SMILES string of the molecule is Cc1ccc(NC(=O)c2cc3c(C)nc4ccccc4c3o2)c(Cl)c1. The molecule has 25 heavy (non-hydrogen) atoms. The van der Waals surface area contributed by atoms with E-state index in [-0.39, 0.29) is 11.7 Å². The zero-order chi connectivity index (χ0) is 17.6. The molecule has 0 unspecified atom stereocenters. The smallest absolute Gasteiger partial charge is 0.291 e. The average Bonchev–Trinajstić information content (AvgIpc) is 3.04. The highest BCUT2D eigenvalue weighted by atomic mass is 35.5. The first-order chi connectivity index (χ1) is 12.0. The summed E-state index contributed by atoms with van der Waals surface area (Å²) in [6.45, 7) is 3.85. The Bertz CT molecular complexity index is 1130. The summed E-state index contributed by atoms with van der Waals surface area (Å²) in [5.41, 5.74) is 3.92. The predicted molar refractivity (Wildman–Crippen MR) is 100 cm³/mol. The molecule has 0 aliphatic rings. The fraction of sp³-hybridized carbons (Fsp3) is 0.100. The summed E-state index contributed by atoms with van der Waals surface area (Å²) in [4.78, 5) is 17.2. The van der Waals surface area contributed by atoms with Crippen molar-refractivity contribution >= 4 is 45.1 Å². The van der Waals surface area contributed by atoms with Crippen LogP contribution in [0.15, 0.2) is 52.9 Å². The van der Waals surface area contributed by atoms with Gasteiger partial charge in [-0.2, -0.15) is 0 Å². The normalized spacial score (nSPS) is 11.2. The number of nitrogens with one attached hydrogen (secondary N) is 1. The fourth-order valence-corrected chi connectivity index (χ4v) is 3.16. The van der Waals surface area contributed by atoms with Crippen molar-refractivity contribution in [2.45, 2.75) is 13.8 Å². The second-order valence-corrected chi connectivity index (χ2v) is 6.41. The van der Waals surface area contributed by atoms with Crippen LogP contribution in [-0.4, -0.2) is 10.9 Å². The van der Waals surface area contributed by atoms with Gasteiger partial charge in [-0.05, 0) is 49.7 Å². The molecule has 0 fully saturated rings. The second kappa shape index (κ2) is 5.90. The molecule has 0 bridgehead atoms. The molecule has 2 aromatic heterocycles. The third-order valence-electron chi connectivity index (χ3n) is 4.16. The van der Waals surface area contributed by atoms with E-state index in [0.29, 0.717) is 16.3 Å². The van der Waals surface area contributed by atoms with Gasteiger partial charge in [0.15, 0.2) is 5.76 Å². The lowest BCUT2D eigenvalue weighted by molar-refractivity contribution is 0.0999. The molecule has 0 saturated heterocycles. The summed E-state index contributed by atoms with van der Waals surface area (Å²) in [6, 6.07) is 14.9. The van der Waals surface area contributed by atoms with Crippen molar-refractivity contribution in [2.24, 2.45) is 0 Å². The van der Waals surface area contributed by atoms with Gasteiger partial charge in [-0.1, -0.05) is 29.8 Å². The molecule has 4 nitrogen and oxygen atoms in total. The van der Waals surface area contributed by atoms with E-state index in [0.717, 1.165) is 27.5 Å². The molecule has 2 aromatic carbocycles. The van der Waals surface area contributed by atoms with Crippen LogP contribution in [0.4, 0.5) is 5.69 Å². The number of hydrogen-bond donors (Lipinski definition) is 1. The first-order valence-electron chi connectivity index (χ1n) is 7.89. The molecule has 0 aliphatic carbocycles. The molecule has 1 N–H and O–H groups in total. The van der Waals surface area contributed by atoms with E-state index in [1.807, 2.05) is 44.2 Å². The zero-order valence-corrected chi connectivity index (χ0v) is 14.5. The molecule has 124 valence electrons. The lowest BCUT2D eigenvalue weighted by atomic mass is 10.1. The number of carbonyl (C=O) groups is 1. The van der Waals surface area contributed by atoms with Gasteiger partial charge in [0.05, 0.1) is 16.2 Å². The number of furan rings is 1. The topological polar surface area (TPSA) is 55.1 Å². The Morgan fingerprint density at radius 2 is 1.88 bits per heavy atom. The third-order valence-corrected chi connectivity index (χ3v) is 4.47. The van der Waals surface area contributed by atoms with Crippen molar-refractivity contribution in [2.75, 3.05) is 5.32 Å². The number of para-hydroxylation sites is 1. The quantitative estimate of drug-likeness (QED) is 0.519. The molecule has 5 heteroatoms. The van der Waals surface area contributed by atoms with E-state index in [1.54, 1.807) is 18.2 Å². The molecule has 4 aromatic rings. The van der Waals surface area contributed by atoms with Crippen LogP contribution in [0.3, 0.4) is 0 Å². The van der Waals surface area contributed by atoms with Crippen LogP contribution in [0.5, 0.6) is 0 Å². The van der Waals surface area contributed by atoms with E-state index in [2.05, 4.69) is 10.3 Å². The van der Waals surface area contributed by atoms with Crippen molar-refractivity contribution in [3.05, 3.63) is 70.6 Å². The summed E-state index contributed by atoms with van der Waals surface area (Å²) in [7, 11) is 0. The number of pyridine rings is 1. The number of hydrogen-bond acceptors (Lipinski definition) is 3. The lowest BCUT2D eigenvalue weighted by Gasteiger charge is -2.06. The zero-order valence-electron chi connectivity index (χ0n) is 13.8. The Balaban J connectivity index is 1.77. The predicted octanol–water partition coefficient (Wildman–Crippen LogP) is 5.50. The summed E-state index contributed by atoms with van der Waals surface area (Å²) in [5.74, 6) is -0.113. The van der Waals surface area contributed by atoms with Gasteiger partial charge in [-0.25, -0.2) is 0 Å². The Morgan fingerprint density at radius 3 is 2.68 bits per heavy atom. The van der Waals surface area contributed by atoms with Crippen LogP contribution in [0.25, 0.3) is 21.9 Å². The van der Waals surface area contributed by atoms with E-state index in [4.69, 9.17) is 16.0 Å². The van der Waals surface area contributed by atoms with E-state index in [9.17, 15) is 4.79 Å².